The summed E-state index contributed by atoms with van der Waals surface area (Å²) in [5, 5.41) is 0. The number of epoxide rings is 1. The molecule has 4 atom stereocenters. The second kappa shape index (κ2) is 32.7. The van der Waals surface area contributed by atoms with Gasteiger partial charge in [0.15, 0.2) is 6.10 Å². The number of nitrogens with zero attached hydrogens (tertiary/aromatic N) is 1. The molecule has 0 aliphatic carbocycles. The molecule has 0 amide bonds. The third-order valence-corrected chi connectivity index (χ3v) is 10.0. The predicted molar refractivity (Wildman–Crippen MR) is 224 cm³/mol. The Balaban J connectivity index is 2.39. The minimum Gasteiger partial charge on any atom is -0.462 e. The van der Waals surface area contributed by atoms with Gasteiger partial charge in [-0.05, 0) is 38.5 Å². The fourth-order valence-corrected chi connectivity index (χ4v) is 6.37. The zero-order valence-corrected chi connectivity index (χ0v) is 36.0. The second-order valence-corrected chi connectivity index (χ2v) is 16.9. The van der Waals surface area contributed by atoms with Crippen molar-refractivity contribution in [1.29, 1.82) is 0 Å². The Labute approximate surface area is 334 Å². The number of hydrogen-bond acceptors (Lipinski definition) is 8. The number of phosphoric acid groups is 1. The number of likely N-dealkylation sites (N-methyl/N-ethyl adjacent to an activating group) is 1. The summed E-state index contributed by atoms with van der Waals surface area (Å²) < 4.78 is 39.9. The van der Waals surface area contributed by atoms with Crippen LogP contribution in [-0.4, -0.2) is 87.1 Å². The average molecular weight is 795 g/mol. The highest BCUT2D eigenvalue weighted by atomic mass is 31.2. The Bertz CT molecular complexity index is 1190. The molecule has 0 bridgehead atoms. The molecule has 0 spiro atoms. The highest BCUT2D eigenvalue weighted by molar-refractivity contribution is 7.47. The summed E-state index contributed by atoms with van der Waals surface area (Å²) >= 11 is 0. The predicted octanol–water partition coefficient (Wildman–Crippen LogP) is 10.7. The fourth-order valence-electron chi connectivity index (χ4n) is 5.63. The molecule has 0 aromatic rings. The quantitative estimate of drug-likeness (QED) is 0.0126. The highest BCUT2D eigenvalue weighted by Gasteiger charge is 2.35. The summed E-state index contributed by atoms with van der Waals surface area (Å²) in [4.78, 5) is 35.4. The van der Waals surface area contributed by atoms with Crippen molar-refractivity contribution in [2.75, 3.05) is 47.5 Å². The summed E-state index contributed by atoms with van der Waals surface area (Å²) in [5.74, 6) is -0.899. The standard InChI is InChI=1S/C44H76NO9P/c1-6-8-10-12-14-16-18-20-22-24-26-28-30-34-43(46)50-38-40(39-52-55(48,49)51-37-36-45(3,4)5)53-44(47)35-31-33-42-41(54-42)32-29-27-25-23-21-19-17-15-13-11-9-7-2/h9,11,15,17,21,23,25,27,29,32,40-42H,6-8,10,12-14,16,18-20,22,24,26,28,30-31,33-39H2,1-5H3/p+1/b11-9-,17-15-,23-21-,27-25+,32-29+. The van der Waals surface area contributed by atoms with Crippen LogP contribution in [0.15, 0.2) is 60.8 Å². The van der Waals surface area contributed by atoms with Crippen molar-refractivity contribution in [2.45, 2.75) is 161 Å². The van der Waals surface area contributed by atoms with Crippen LogP contribution in [0, 0.1) is 0 Å². The number of allylic oxidation sites excluding steroid dienone is 9. The lowest BCUT2D eigenvalue weighted by atomic mass is 10.0. The smallest absolute Gasteiger partial charge is 0.462 e. The first-order chi connectivity index (χ1) is 26.5. The van der Waals surface area contributed by atoms with Crippen molar-refractivity contribution in [3.05, 3.63) is 60.8 Å². The van der Waals surface area contributed by atoms with E-state index in [1.165, 1.54) is 64.2 Å². The van der Waals surface area contributed by atoms with Crippen molar-refractivity contribution in [1.82, 2.24) is 0 Å². The molecule has 0 aromatic heterocycles. The first kappa shape index (κ1) is 50.7. The monoisotopic (exact) mass is 795 g/mol. The van der Waals surface area contributed by atoms with E-state index < -0.39 is 32.5 Å². The maximum absolute atomic E-state index is 12.7. The van der Waals surface area contributed by atoms with Gasteiger partial charge in [-0.15, -0.1) is 0 Å². The number of phosphoric ester groups is 1. The van der Waals surface area contributed by atoms with Gasteiger partial charge in [0, 0.05) is 12.8 Å². The lowest BCUT2D eigenvalue weighted by Gasteiger charge is -2.24. The molecule has 4 unspecified atom stereocenters. The van der Waals surface area contributed by atoms with E-state index in [1.807, 2.05) is 51.5 Å². The lowest BCUT2D eigenvalue weighted by molar-refractivity contribution is -0.870. The zero-order valence-electron chi connectivity index (χ0n) is 35.1. The molecule has 1 fully saturated rings. The number of carbonyl (C=O) groups excluding carboxylic acids is 2. The van der Waals surface area contributed by atoms with E-state index in [2.05, 4.69) is 44.2 Å². The maximum Gasteiger partial charge on any atom is 0.472 e. The van der Waals surface area contributed by atoms with Crippen LogP contribution in [0.5, 0.6) is 0 Å². The van der Waals surface area contributed by atoms with Crippen molar-refractivity contribution in [2.24, 2.45) is 0 Å². The van der Waals surface area contributed by atoms with E-state index >= 15 is 0 Å². The van der Waals surface area contributed by atoms with Crippen molar-refractivity contribution < 1.29 is 46.8 Å². The average Bonchev–Trinajstić information content (AvgIpc) is 3.88. The minimum absolute atomic E-state index is 0.0119. The van der Waals surface area contributed by atoms with Crippen molar-refractivity contribution in [3.8, 4) is 0 Å². The molecule has 0 saturated carbocycles. The van der Waals surface area contributed by atoms with Crippen LogP contribution in [0.4, 0.5) is 0 Å². The van der Waals surface area contributed by atoms with Gasteiger partial charge >= 0.3 is 19.8 Å². The molecule has 1 rings (SSSR count). The van der Waals surface area contributed by atoms with E-state index in [0.29, 0.717) is 23.9 Å². The highest BCUT2D eigenvalue weighted by Crippen LogP contribution is 2.43. The van der Waals surface area contributed by atoms with E-state index in [0.717, 1.165) is 38.5 Å². The van der Waals surface area contributed by atoms with E-state index in [1.54, 1.807) is 0 Å². The molecule has 55 heavy (non-hydrogen) atoms. The summed E-state index contributed by atoms with van der Waals surface area (Å²) in [5.41, 5.74) is 0. The van der Waals surface area contributed by atoms with Gasteiger partial charge in [0.2, 0.25) is 0 Å². The van der Waals surface area contributed by atoms with Crippen LogP contribution < -0.4 is 0 Å². The molecule has 1 aliphatic rings. The number of unbranched alkanes of at least 4 members (excludes halogenated alkanes) is 12. The number of quaternary nitrogens is 1. The van der Waals surface area contributed by atoms with Gasteiger partial charge in [-0.3, -0.25) is 18.6 Å². The van der Waals surface area contributed by atoms with E-state index in [9.17, 15) is 19.0 Å². The van der Waals surface area contributed by atoms with Crippen LogP contribution >= 0.6 is 7.82 Å². The molecular formula is C44H77NO9P+. The number of esters is 2. The van der Waals surface area contributed by atoms with Gasteiger partial charge in [-0.1, -0.05) is 152 Å². The third-order valence-electron chi connectivity index (χ3n) is 9.03. The molecule has 1 aliphatic heterocycles. The normalized spacial score (nSPS) is 17.9. The van der Waals surface area contributed by atoms with Crippen molar-refractivity contribution >= 4 is 19.8 Å². The minimum atomic E-state index is -4.40. The molecule has 316 valence electrons. The second-order valence-electron chi connectivity index (χ2n) is 15.5. The number of hydrogen-bond donors (Lipinski definition) is 1. The van der Waals surface area contributed by atoms with Crippen LogP contribution in [0.2, 0.25) is 0 Å². The van der Waals surface area contributed by atoms with Crippen LogP contribution in [0.3, 0.4) is 0 Å². The molecule has 11 heteroatoms. The Kier molecular flexibility index (Phi) is 30.2. The van der Waals surface area contributed by atoms with E-state index in [-0.39, 0.29) is 38.3 Å². The van der Waals surface area contributed by atoms with E-state index in [4.69, 9.17) is 23.3 Å². The molecule has 1 saturated heterocycles. The molecule has 1 heterocycles. The van der Waals surface area contributed by atoms with Gasteiger partial charge in [0.05, 0.1) is 33.9 Å². The van der Waals surface area contributed by atoms with Crippen LogP contribution in [0.25, 0.3) is 0 Å². The van der Waals surface area contributed by atoms with Crippen LogP contribution in [0.1, 0.15) is 142 Å². The Hall–Kier alpha value is -2.33. The van der Waals surface area contributed by atoms with Gasteiger partial charge < -0.3 is 23.6 Å². The Morgan fingerprint density at radius 3 is 1.93 bits per heavy atom. The van der Waals surface area contributed by atoms with Gasteiger partial charge in [0.25, 0.3) is 0 Å². The largest absolute Gasteiger partial charge is 0.472 e. The summed E-state index contributed by atoms with van der Waals surface area (Å²) in [6.07, 6.45) is 40.1. The Morgan fingerprint density at radius 2 is 1.29 bits per heavy atom. The molecule has 10 nitrogen and oxygen atoms in total. The number of ether oxygens (including phenoxy) is 3. The third kappa shape index (κ3) is 33.5. The lowest BCUT2D eigenvalue weighted by Crippen LogP contribution is -2.37. The number of carbonyl (C=O) groups is 2. The first-order valence-electron chi connectivity index (χ1n) is 21.2. The molecule has 1 N–H and O–H groups in total. The van der Waals surface area contributed by atoms with Gasteiger partial charge in [0.1, 0.15) is 25.9 Å². The van der Waals surface area contributed by atoms with Crippen molar-refractivity contribution in [3.63, 3.8) is 0 Å². The zero-order chi connectivity index (χ0) is 40.5. The van der Waals surface area contributed by atoms with Crippen LogP contribution in [-0.2, 0) is 37.4 Å². The van der Waals surface area contributed by atoms with Gasteiger partial charge in [-0.25, -0.2) is 4.57 Å². The SMILES string of the molecule is CC/C=C\C/C=C\C\C=C/C=C/C=C/C1OC1CCCC(=O)OC(COC(=O)CCCCCCCCCCCCCCC)COP(=O)(O)OCC[N+](C)(C)C. The Morgan fingerprint density at radius 1 is 0.709 bits per heavy atom. The fraction of sp³-hybridized carbons (Fsp3) is 0.727. The number of rotatable bonds is 36. The molecular weight excluding hydrogens is 717 g/mol. The maximum atomic E-state index is 12.7. The van der Waals surface area contributed by atoms with Gasteiger partial charge in [-0.2, -0.15) is 0 Å². The summed E-state index contributed by atoms with van der Waals surface area (Å²) in [6.45, 7) is 4.17. The molecule has 0 radical (unpaired) electrons. The first-order valence-corrected chi connectivity index (χ1v) is 22.7. The topological polar surface area (TPSA) is 121 Å². The molecule has 0 aromatic carbocycles. The summed E-state index contributed by atoms with van der Waals surface area (Å²) in [6, 6.07) is 0. The summed E-state index contributed by atoms with van der Waals surface area (Å²) in [7, 11) is 1.41.